The number of H-pyrrole nitrogens is 1. The minimum atomic E-state index is 0.379. The molecule has 2 N–H and O–H groups in total. The third-order valence-corrected chi connectivity index (χ3v) is 2.92. The van der Waals surface area contributed by atoms with Crippen molar-refractivity contribution in [3.63, 3.8) is 0 Å². The molecule has 104 valence electrons. The van der Waals surface area contributed by atoms with E-state index < -0.39 is 0 Å². The van der Waals surface area contributed by atoms with Crippen molar-refractivity contribution in [2.24, 2.45) is 0 Å². The van der Waals surface area contributed by atoms with Gasteiger partial charge in [-0.3, -0.25) is 5.10 Å². The third kappa shape index (κ3) is 2.60. The highest BCUT2D eigenvalue weighted by Gasteiger charge is 2.11. The number of rotatable bonds is 4. The van der Waals surface area contributed by atoms with Crippen LogP contribution in [0.25, 0.3) is 11.0 Å². The fraction of sp³-hybridized carbons (Fsp3) is 0.143. The molecule has 21 heavy (non-hydrogen) atoms. The molecule has 0 amide bonds. The highest BCUT2D eigenvalue weighted by molar-refractivity contribution is 5.80. The minimum absolute atomic E-state index is 0.379. The minimum Gasteiger partial charge on any atom is -0.438 e. The number of aromatic amines is 1. The Morgan fingerprint density at radius 3 is 2.81 bits per heavy atom. The van der Waals surface area contributed by atoms with Crippen molar-refractivity contribution in [1.29, 1.82) is 5.26 Å². The lowest BCUT2D eigenvalue weighted by Gasteiger charge is -2.07. The zero-order chi connectivity index (χ0) is 14.7. The first-order valence-corrected chi connectivity index (χ1v) is 6.33. The summed E-state index contributed by atoms with van der Waals surface area (Å²) in [5.41, 5.74) is 1.54. The van der Waals surface area contributed by atoms with Crippen LogP contribution in [-0.2, 0) is 6.42 Å². The lowest BCUT2D eigenvalue weighted by Crippen LogP contribution is -1.99. The van der Waals surface area contributed by atoms with Gasteiger partial charge in [0.1, 0.15) is 11.1 Å². The Bertz CT molecular complexity index is 802. The van der Waals surface area contributed by atoms with Crippen LogP contribution in [0.1, 0.15) is 5.56 Å². The molecule has 0 aliphatic heterocycles. The first kappa shape index (κ1) is 12.9. The average Bonchev–Trinajstić information content (AvgIpc) is 2.98. The van der Waals surface area contributed by atoms with Crippen LogP contribution in [0.2, 0.25) is 0 Å². The number of fused-ring (bicyclic) bond motifs is 1. The molecule has 2 heterocycles. The van der Waals surface area contributed by atoms with Gasteiger partial charge in [-0.25, -0.2) is 0 Å². The van der Waals surface area contributed by atoms with E-state index in [-0.39, 0.29) is 0 Å². The molecule has 0 saturated heterocycles. The van der Waals surface area contributed by atoms with Crippen molar-refractivity contribution < 1.29 is 4.74 Å². The van der Waals surface area contributed by atoms with Gasteiger partial charge in [0.2, 0.25) is 11.8 Å². The smallest absolute Gasteiger partial charge is 0.235 e. The number of aromatic nitrogens is 4. The molecule has 0 fully saturated rings. The SMILES string of the molecule is CNc1nc(Oc2ccc(CC#N)cc2)c2cn[nH]c2n1. The molecular formula is C14H12N6O. The molecule has 3 rings (SSSR count). The summed E-state index contributed by atoms with van der Waals surface area (Å²) >= 11 is 0. The summed E-state index contributed by atoms with van der Waals surface area (Å²) in [6, 6.07) is 9.42. The van der Waals surface area contributed by atoms with Crippen LogP contribution in [0.3, 0.4) is 0 Å². The summed E-state index contributed by atoms with van der Waals surface area (Å²) in [5.74, 6) is 1.51. The molecule has 0 radical (unpaired) electrons. The summed E-state index contributed by atoms with van der Waals surface area (Å²) in [4.78, 5) is 8.53. The maximum absolute atomic E-state index is 8.66. The van der Waals surface area contributed by atoms with Gasteiger partial charge in [-0.2, -0.15) is 20.3 Å². The topological polar surface area (TPSA) is 99.5 Å². The van der Waals surface area contributed by atoms with E-state index in [0.717, 1.165) is 5.56 Å². The van der Waals surface area contributed by atoms with Crippen LogP contribution in [0, 0.1) is 11.3 Å². The molecule has 0 bridgehead atoms. The first-order valence-electron chi connectivity index (χ1n) is 6.33. The summed E-state index contributed by atoms with van der Waals surface area (Å²) in [7, 11) is 1.73. The van der Waals surface area contributed by atoms with E-state index in [1.54, 1.807) is 25.4 Å². The van der Waals surface area contributed by atoms with Gasteiger partial charge < -0.3 is 10.1 Å². The number of nitriles is 1. The summed E-state index contributed by atoms with van der Waals surface area (Å²) in [5, 5.41) is 19.0. The molecule has 0 atom stereocenters. The van der Waals surface area contributed by atoms with Crippen LogP contribution in [0.15, 0.2) is 30.5 Å². The van der Waals surface area contributed by atoms with E-state index in [1.165, 1.54) is 0 Å². The van der Waals surface area contributed by atoms with Gasteiger partial charge in [-0.1, -0.05) is 12.1 Å². The Labute approximate surface area is 120 Å². The van der Waals surface area contributed by atoms with Crippen LogP contribution < -0.4 is 10.1 Å². The summed E-state index contributed by atoms with van der Waals surface area (Å²) in [6.07, 6.45) is 2.00. The number of nitrogens with one attached hydrogen (secondary N) is 2. The number of ether oxygens (including phenoxy) is 1. The average molecular weight is 280 g/mol. The Hall–Kier alpha value is -3.14. The van der Waals surface area contributed by atoms with Crippen LogP contribution in [0.5, 0.6) is 11.6 Å². The molecule has 0 saturated carbocycles. The Morgan fingerprint density at radius 2 is 2.10 bits per heavy atom. The van der Waals surface area contributed by atoms with Crippen LogP contribution in [0.4, 0.5) is 5.95 Å². The van der Waals surface area contributed by atoms with E-state index >= 15 is 0 Å². The van der Waals surface area contributed by atoms with E-state index in [1.807, 2.05) is 12.1 Å². The lowest BCUT2D eigenvalue weighted by molar-refractivity contribution is 0.469. The quantitative estimate of drug-likeness (QED) is 0.760. The Morgan fingerprint density at radius 1 is 1.29 bits per heavy atom. The Balaban J connectivity index is 1.93. The van der Waals surface area contributed by atoms with E-state index in [2.05, 4.69) is 31.6 Å². The lowest BCUT2D eigenvalue weighted by atomic mass is 10.2. The van der Waals surface area contributed by atoms with Crippen molar-refractivity contribution in [2.45, 2.75) is 6.42 Å². The van der Waals surface area contributed by atoms with Crippen molar-refractivity contribution in [1.82, 2.24) is 20.2 Å². The van der Waals surface area contributed by atoms with Crippen LogP contribution >= 0.6 is 0 Å². The first-order chi connectivity index (χ1) is 10.3. The van der Waals surface area contributed by atoms with Gasteiger partial charge in [0, 0.05) is 7.05 Å². The fourth-order valence-electron chi connectivity index (χ4n) is 1.88. The molecule has 0 spiro atoms. The zero-order valence-corrected chi connectivity index (χ0v) is 11.3. The summed E-state index contributed by atoms with van der Waals surface area (Å²) in [6.45, 7) is 0. The summed E-state index contributed by atoms with van der Waals surface area (Å²) < 4.78 is 5.79. The van der Waals surface area contributed by atoms with E-state index in [0.29, 0.717) is 35.0 Å². The van der Waals surface area contributed by atoms with Gasteiger partial charge in [-0.15, -0.1) is 0 Å². The molecule has 7 heteroatoms. The second-order valence-electron chi connectivity index (χ2n) is 4.32. The molecule has 2 aromatic heterocycles. The Kier molecular flexibility index (Phi) is 3.35. The highest BCUT2D eigenvalue weighted by Crippen LogP contribution is 2.27. The predicted molar refractivity (Wildman–Crippen MR) is 77.1 cm³/mol. The van der Waals surface area contributed by atoms with Gasteiger partial charge >= 0.3 is 0 Å². The zero-order valence-electron chi connectivity index (χ0n) is 11.3. The number of benzene rings is 1. The van der Waals surface area contributed by atoms with Crippen molar-refractivity contribution in [3.05, 3.63) is 36.0 Å². The maximum Gasteiger partial charge on any atom is 0.235 e. The van der Waals surface area contributed by atoms with Crippen molar-refractivity contribution in [3.8, 4) is 17.7 Å². The predicted octanol–water partition coefficient (Wildman–Crippen LogP) is 2.25. The molecule has 0 aliphatic rings. The second kappa shape index (κ2) is 5.46. The number of hydrogen-bond donors (Lipinski definition) is 2. The van der Waals surface area contributed by atoms with Gasteiger partial charge in [-0.05, 0) is 17.7 Å². The van der Waals surface area contributed by atoms with Gasteiger partial charge in [0.05, 0.1) is 18.7 Å². The number of nitrogens with zero attached hydrogens (tertiary/aromatic N) is 4. The third-order valence-electron chi connectivity index (χ3n) is 2.92. The molecule has 7 nitrogen and oxygen atoms in total. The number of hydrogen-bond acceptors (Lipinski definition) is 6. The fourth-order valence-corrected chi connectivity index (χ4v) is 1.88. The van der Waals surface area contributed by atoms with Crippen molar-refractivity contribution in [2.75, 3.05) is 12.4 Å². The standard InChI is InChI=1S/C14H12N6O/c1-16-14-18-12-11(8-17-20-12)13(19-14)21-10-4-2-9(3-5-10)6-7-15/h2-5,8H,6H2,1H3,(H2,16,17,18,19,20). The normalized spacial score (nSPS) is 10.3. The van der Waals surface area contributed by atoms with Gasteiger partial charge in [0.15, 0.2) is 5.65 Å². The molecule has 0 unspecified atom stereocenters. The second-order valence-corrected chi connectivity index (χ2v) is 4.32. The largest absolute Gasteiger partial charge is 0.438 e. The maximum atomic E-state index is 8.66. The molecule has 3 aromatic rings. The monoisotopic (exact) mass is 280 g/mol. The van der Waals surface area contributed by atoms with Gasteiger partial charge in [0.25, 0.3) is 0 Å². The number of anilines is 1. The van der Waals surface area contributed by atoms with Crippen molar-refractivity contribution >= 4 is 17.0 Å². The van der Waals surface area contributed by atoms with Crippen LogP contribution in [-0.4, -0.2) is 27.2 Å². The molecule has 1 aromatic carbocycles. The molecule has 0 aliphatic carbocycles. The van der Waals surface area contributed by atoms with E-state index in [4.69, 9.17) is 10.00 Å². The highest BCUT2D eigenvalue weighted by atomic mass is 16.5. The molecular weight excluding hydrogens is 268 g/mol. The van der Waals surface area contributed by atoms with E-state index in [9.17, 15) is 0 Å².